The van der Waals surface area contributed by atoms with Gasteiger partial charge in [-0.15, -0.1) is 0 Å². The number of nitrogens with zero attached hydrogens (tertiary/aromatic N) is 1. The van der Waals surface area contributed by atoms with Crippen molar-refractivity contribution in [3.8, 4) is 0 Å². The summed E-state index contributed by atoms with van der Waals surface area (Å²) in [5, 5.41) is 1.95. The van der Waals surface area contributed by atoms with Crippen LogP contribution >= 0.6 is 0 Å². The second-order valence-corrected chi connectivity index (χ2v) is 3.62. The molecular formula is C5H16B4N2. The molecule has 0 aromatic carbocycles. The highest BCUT2D eigenvalue weighted by molar-refractivity contribution is 7.41. The van der Waals surface area contributed by atoms with Crippen LogP contribution in [-0.4, -0.2) is 47.1 Å². The van der Waals surface area contributed by atoms with Crippen LogP contribution in [-0.2, 0) is 0 Å². The van der Waals surface area contributed by atoms with E-state index in [9.17, 15) is 0 Å². The van der Waals surface area contributed by atoms with Gasteiger partial charge < -0.3 is 0 Å². The van der Waals surface area contributed by atoms with Crippen LogP contribution in [0.25, 0.3) is 0 Å². The summed E-state index contributed by atoms with van der Waals surface area (Å²) in [6, 6.07) is 0. The average Bonchev–Trinajstić information content (AvgIpc) is 2.04. The molecule has 1 aliphatic rings. The SMILES string of the molecule is BBBBC1CCN(N)CC1. The Bertz CT molecular complexity index is 102. The first-order valence-electron chi connectivity index (χ1n) is 4.82. The fourth-order valence-corrected chi connectivity index (χ4v) is 1.73. The Hall–Kier alpha value is 0.180. The van der Waals surface area contributed by atoms with Gasteiger partial charge in [-0.2, -0.15) is 0 Å². The topological polar surface area (TPSA) is 29.3 Å². The summed E-state index contributed by atoms with van der Waals surface area (Å²) in [4.78, 5) is 0. The van der Waals surface area contributed by atoms with Gasteiger partial charge in [0.05, 0.1) is 14.9 Å². The fourth-order valence-electron chi connectivity index (χ4n) is 1.73. The first-order chi connectivity index (χ1) is 5.33. The highest BCUT2D eigenvalue weighted by Crippen LogP contribution is 2.18. The van der Waals surface area contributed by atoms with Gasteiger partial charge in [-0.1, -0.05) is 5.82 Å². The lowest BCUT2D eigenvalue weighted by molar-refractivity contribution is 0.235. The van der Waals surface area contributed by atoms with Gasteiger partial charge in [0.25, 0.3) is 0 Å². The third kappa shape index (κ3) is 3.39. The molecule has 0 aromatic heterocycles. The monoisotopic (exact) mass is 148 g/mol. The van der Waals surface area contributed by atoms with E-state index < -0.39 is 0 Å². The zero-order valence-electron chi connectivity index (χ0n) is 7.55. The van der Waals surface area contributed by atoms with Gasteiger partial charge in [0, 0.05) is 27.2 Å². The number of hydrogen-bond donors (Lipinski definition) is 1. The zero-order chi connectivity index (χ0) is 8.10. The summed E-state index contributed by atoms with van der Waals surface area (Å²) in [5.41, 5.74) is 0. The van der Waals surface area contributed by atoms with E-state index in [4.69, 9.17) is 5.84 Å². The van der Waals surface area contributed by atoms with E-state index in [1.165, 1.54) is 34.1 Å². The minimum absolute atomic E-state index is 0.967. The van der Waals surface area contributed by atoms with Gasteiger partial charge in [-0.25, -0.2) is 5.01 Å². The zero-order valence-corrected chi connectivity index (χ0v) is 7.55. The van der Waals surface area contributed by atoms with E-state index in [2.05, 4.69) is 7.74 Å². The fraction of sp³-hybridized carbons (Fsp3) is 1.00. The van der Waals surface area contributed by atoms with E-state index in [1.54, 1.807) is 0 Å². The van der Waals surface area contributed by atoms with Crippen molar-refractivity contribution in [3.63, 3.8) is 0 Å². The van der Waals surface area contributed by atoms with E-state index in [1.807, 2.05) is 5.01 Å². The summed E-state index contributed by atoms with van der Waals surface area (Å²) in [6.07, 6.45) is 2.63. The number of piperidine rings is 1. The molecule has 0 aromatic rings. The van der Waals surface area contributed by atoms with Crippen molar-refractivity contribution in [1.82, 2.24) is 5.01 Å². The highest BCUT2D eigenvalue weighted by Gasteiger charge is 2.16. The Labute approximate surface area is 72.3 Å². The van der Waals surface area contributed by atoms with Crippen LogP contribution in [0.15, 0.2) is 0 Å². The number of nitrogens with two attached hydrogens (primary N) is 1. The molecule has 1 saturated heterocycles. The lowest BCUT2D eigenvalue weighted by Crippen LogP contribution is -2.39. The molecule has 0 unspecified atom stereocenters. The Balaban J connectivity index is 2.07. The molecule has 0 radical (unpaired) electrons. The van der Waals surface area contributed by atoms with Crippen LogP contribution in [0.2, 0.25) is 5.82 Å². The molecule has 2 nitrogen and oxygen atoms in total. The average molecular weight is 147 g/mol. The van der Waals surface area contributed by atoms with Crippen molar-refractivity contribution in [1.29, 1.82) is 0 Å². The van der Waals surface area contributed by atoms with Crippen molar-refractivity contribution in [2.45, 2.75) is 18.7 Å². The molecule has 0 aliphatic carbocycles. The van der Waals surface area contributed by atoms with Crippen molar-refractivity contribution < 1.29 is 0 Å². The third-order valence-electron chi connectivity index (χ3n) is 2.62. The molecule has 1 heterocycles. The van der Waals surface area contributed by atoms with Crippen LogP contribution < -0.4 is 5.84 Å². The summed E-state index contributed by atoms with van der Waals surface area (Å²) < 4.78 is 0. The molecule has 2 N–H and O–H groups in total. The number of rotatable bonds is 3. The second kappa shape index (κ2) is 4.94. The molecule has 0 amide bonds. The molecule has 6 heteroatoms. The maximum atomic E-state index is 5.66. The van der Waals surface area contributed by atoms with Gasteiger partial charge in [0.1, 0.15) is 0 Å². The normalized spacial score (nSPS) is 21.2. The third-order valence-corrected chi connectivity index (χ3v) is 2.62. The van der Waals surface area contributed by atoms with E-state index in [0.29, 0.717) is 0 Å². The van der Waals surface area contributed by atoms with E-state index >= 15 is 0 Å². The molecular weight excluding hydrogens is 131 g/mol. The molecule has 0 saturated carbocycles. The molecule has 1 rings (SSSR count). The molecule has 0 bridgehead atoms. The van der Waals surface area contributed by atoms with Crippen molar-refractivity contribution in [2.75, 3.05) is 13.1 Å². The maximum absolute atomic E-state index is 5.66. The van der Waals surface area contributed by atoms with Crippen molar-refractivity contribution in [2.24, 2.45) is 5.84 Å². The first kappa shape index (κ1) is 9.27. The van der Waals surface area contributed by atoms with Gasteiger partial charge in [0.2, 0.25) is 0 Å². The van der Waals surface area contributed by atoms with Gasteiger partial charge in [0.15, 0.2) is 0 Å². The van der Waals surface area contributed by atoms with Crippen molar-refractivity contribution in [3.05, 3.63) is 0 Å². The van der Waals surface area contributed by atoms with Gasteiger partial charge >= 0.3 is 0 Å². The lowest BCUT2D eigenvalue weighted by atomic mass is 9.11. The van der Waals surface area contributed by atoms with Crippen LogP contribution in [0.4, 0.5) is 0 Å². The van der Waals surface area contributed by atoms with Crippen molar-refractivity contribution >= 4 is 29.0 Å². The summed E-state index contributed by atoms with van der Waals surface area (Å²) in [6.45, 7) is 2.21. The van der Waals surface area contributed by atoms with Crippen LogP contribution in [0.3, 0.4) is 0 Å². The van der Waals surface area contributed by atoms with Gasteiger partial charge in [-0.3, -0.25) is 5.84 Å². The lowest BCUT2D eigenvalue weighted by Gasteiger charge is -2.27. The quantitative estimate of drug-likeness (QED) is 0.351. The molecule has 0 spiro atoms. The Morgan fingerprint density at radius 1 is 1.36 bits per heavy atom. The Kier molecular flexibility index (Phi) is 4.16. The largest absolute Gasteiger partial charge is 0.269 e. The molecule has 1 fully saturated rings. The summed E-state index contributed by atoms with van der Waals surface area (Å²) >= 11 is 0. The molecule has 0 atom stereocenters. The minimum Gasteiger partial charge on any atom is -0.269 e. The number of hydrogen-bond acceptors (Lipinski definition) is 2. The smallest absolute Gasteiger partial charge is 0.0816 e. The predicted octanol–water partition coefficient (Wildman–Crippen LogP) is -2.57. The van der Waals surface area contributed by atoms with Crippen LogP contribution in [0, 0.1) is 0 Å². The first-order valence-corrected chi connectivity index (χ1v) is 4.82. The second-order valence-electron chi connectivity index (χ2n) is 3.62. The van der Waals surface area contributed by atoms with Gasteiger partial charge in [-0.05, 0) is 12.8 Å². The summed E-state index contributed by atoms with van der Waals surface area (Å²) in [5.74, 6) is 6.63. The predicted molar refractivity (Wildman–Crippen MR) is 58.7 cm³/mol. The van der Waals surface area contributed by atoms with Crippen LogP contribution in [0.1, 0.15) is 12.8 Å². The van der Waals surface area contributed by atoms with E-state index in [-0.39, 0.29) is 0 Å². The Morgan fingerprint density at radius 2 is 2.00 bits per heavy atom. The molecule has 1 aliphatic heterocycles. The standard InChI is InChI=1S/C5H16B4N2/c6-8-9-7-5-1-3-11(10)4-2-5/h5,7-9H,1-4,6,10H2. The Morgan fingerprint density at radius 3 is 2.55 bits per heavy atom. The minimum atomic E-state index is 0.967. The molecule has 58 valence electrons. The molecule has 11 heavy (non-hydrogen) atoms. The van der Waals surface area contributed by atoms with E-state index in [0.717, 1.165) is 18.9 Å². The highest BCUT2D eigenvalue weighted by atomic mass is 15.4. The number of hydrazine groups is 1. The van der Waals surface area contributed by atoms with Crippen LogP contribution in [0.5, 0.6) is 0 Å². The maximum Gasteiger partial charge on any atom is 0.0816 e. The summed E-state index contributed by atoms with van der Waals surface area (Å²) in [7, 11) is 6.42.